The van der Waals surface area contributed by atoms with Gasteiger partial charge >= 0.3 is 0 Å². The van der Waals surface area contributed by atoms with Crippen LogP contribution < -0.4 is 0 Å². The molecule has 0 saturated heterocycles. The van der Waals surface area contributed by atoms with E-state index >= 15 is 0 Å². The quantitative estimate of drug-likeness (QED) is 0.713. The number of rotatable bonds is 3. The fourth-order valence-corrected chi connectivity index (χ4v) is 2.87. The Kier molecular flexibility index (Phi) is 3.24. The number of halogens is 4. The standard InChI is InChI=1S/C13H9Cl3FNO/c14-6-7-11(10-8(15)2-1-3-9(10)16)18-19-12(7)13(17)4-5-13/h1-3H,4-6H2. The van der Waals surface area contributed by atoms with Crippen LogP contribution in [0.3, 0.4) is 0 Å². The van der Waals surface area contributed by atoms with Gasteiger partial charge in [0.15, 0.2) is 11.4 Å². The van der Waals surface area contributed by atoms with Gasteiger partial charge in [-0.3, -0.25) is 0 Å². The van der Waals surface area contributed by atoms with Gasteiger partial charge in [0.2, 0.25) is 0 Å². The molecule has 0 amide bonds. The Hall–Kier alpha value is -0.770. The first-order chi connectivity index (χ1) is 9.07. The van der Waals surface area contributed by atoms with Crippen molar-refractivity contribution in [2.24, 2.45) is 0 Å². The van der Waals surface area contributed by atoms with E-state index in [9.17, 15) is 4.39 Å². The van der Waals surface area contributed by atoms with E-state index in [0.717, 1.165) is 0 Å². The van der Waals surface area contributed by atoms with E-state index in [1.165, 1.54) is 0 Å². The molecule has 19 heavy (non-hydrogen) atoms. The highest BCUT2D eigenvalue weighted by atomic mass is 35.5. The number of benzene rings is 1. The van der Waals surface area contributed by atoms with E-state index in [4.69, 9.17) is 39.3 Å². The minimum atomic E-state index is -1.43. The molecule has 1 aliphatic rings. The van der Waals surface area contributed by atoms with Crippen LogP contribution >= 0.6 is 34.8 Å². The highest BCUT2D eigenvalue weighted by Gasteiger charge is 2.50. The van der Waals surface area contributed by atoms with Crippen LogP contribution in [-0.2, 0) is 11.5 Å². The van der Waals surface area contributed by atoms with E-state index < -0.39 is 5.67 Å². The van der Waals surface area contributed by atoms with Crippen molar-refractivity contribution in [3.63, 3.8) is 0 Å². The molecular formula is C13H9Cl3FNO. The average molecular weight is 321 g/mol. The van der Waals surface area contributed by atoms with Crippen LogP contribution in [0.4, 0.5) is 4.39 Å². The minimum absolute atomic E-state index is 0.0986. The summed E-state index contributed by atoms with van der Waals surface area (Å²) in [5.74, 6) is 0.301. The summed E-state index contributed by atoms with van der Waals surface area (Å²) in [4.78, 5) is 0. The molecule has 0 aliphatic heterocycles. The topological polar surface area (TPSA) is 26.0 Å². The molecule has 1 aromatic carbocycles. The Balaban J connectivity index is 2.18. The Morgan fingerprint density at radius 1 is 1.26 bits per heavy atom. The second-order valence-corrected chi connectivity index (χ2v) is 5.62. The van der Waals surface area contributed by atoms with Crippen LogP contribution in [-0.4, -0.2) is 5.16 Å². The van der Waals surface area contributed by atoms with Gasteiger partial charge in [-0.05, 0) is 25.0 Å². The van der Waals surface area contributed by atoms with Crippen molar-refractivity contribution in [3.05, 3.63) is 39.6 Å². The summed E-state index contributed by atoms with van der Waals surface area (Å²) in [6.07, 6.45) is 0.865. The highest BCUT2D eigenvalue weighted by Crippen LogP contribution is 2.52. The van der Waals surface area contributed by atoms with Gasteiger partial charge in [-0.25, -0.2) is 4.39 Å². The Morgan fingerprint density at radius 2 is 1.89 bits per heavy atom. The molecule has 6 heteroatoms. The third kappa shape index (κ3) is 2.14. The molecule has 0 atom stereocenters. The van der Waals surface area contributed by atoms with E-state index in [1.807, 2.05) is 0 Å². The maximum atomic E-state index is 14.2. The molecule has 2 aromatic rings. The maximum Gasteiger partial charge on any atom is 0.178 e. The van der Waals surface area contributed by atoms with Gasteiger partial charge in [0.05, 0.1) is 15.9 Å². The normalized spacial score (nSPS) is 16.6. The first-order valence-corrected chi connectivity index (χ1v) is 7.04. The van der Waals surface area contributed by atoms with Gasteiger partial charge in [-0.15, -0.1) is 11.6 Å². The van der Waals surface area contributed by atoms with Crippen LogP contribution in [0.5, 0.6) is 0 Å². The predicted molar refractivity (Wildman–Crippen MR) is 73.5 cm³/mol. The second-order valence-electron chi connectivity index (χ2n) is 4.53. The Morgan fingerprint density at radius 3 is 2.42 bits per heavy atom. The van der Waals surface area contributed by atoms with Crippen LogP contribution in [0.2, 0.25) is 10.0 Å². The van der Waals surface area contributed by atoms with Gasteiger partial charge in [0.1, 0.15) is 5.69 Å². The molecule has 0 spiro atoms. The first kappa shape index (κ1) is 13.2. The molecular weight excluding hydrogens is 312 g/mol. The van der Waals surface area contributed by atoms with Crippen LogP contribution in [0.1, 0.15) is 24.2 Å². The predicted octanol–water partition coefficient (Wildman–Crippen LogP) is 5.35. The maximum absolute atomic E-state index is 14.2. The molecule has 0 radical (unpaired) electrons. The summed E-state index contributed by atoms with van der Waals surface area (Å²) in [6.45, 7) is 0. The fraction of sp³-hybridized carbons (Fsp3) is 0.308. The summed E-state index contributed by atoms with van der Waals surface area (Å²) < 4.78 is 19.3. The zero-order valence-corrected chi connectivity index (χ0v) is 12.0. The lowest BCUT2D eigenvalue weighted by Crippen LogP contribution is -1.99. The van der Waals surface area contributed by atoms with E-state index in [-0.39, 0.29) is 11.6 Å². The highest BCUT2D eigenvalue weighted by molar-refractivity contribution is 6.39. The molecule has 1 saturated carbocycles. The van der Waals surface area contributed by atoms with E-state index in [2.05, 4.69) is 5.16 Å². The lowest BCUT2D eigenvalue weighted by Gasteiger charge is -2.06. The van der Waals surface area contributed by atoms with Crippen molar-refractivity contribution in [3.8, 4) is 11.3 Å². The summed E-state index contributed by atoms with van der Waals surface area (Å²) >= 11 is 18.2. The van der Waals surface area contributed by atoms with Crippen molar-refractivity contribution < 1.29 is 8.91 Å². The molecule has 0 bridgehead atoms. The molecule has 1 aromatic heterocycles. The molecule has 100 valence electrons. The number of hydrogen-bond acceptors (Lipinski definition) is 2. The van der Waals surface area contributed by atoms with E-state index in [0.29, 0.717) is 39.7 Å². The molecule has 3 rings (SSSR count). The molecule has 2 nitrogen and oxygen atoms in total. The number of hydrogen-bond donors (Lipinski definition) is 0. The first-order valence-electron chi connectivity index (χ1n) is 5.75. The average Bonchev–Trinajstić information content (AvgIpc) is 2.98. The smallest absolute Gasteiger partial charge is 0.178 e. The molecule has 1 heterocycles. The number of alkyl halides is 2. The van der Waals surface area contributed by atoms with Gasteiger partial charge in [-0.1, -0.05) is 34.4 Å². The number of aromatic nitrogens is 1. The second kappa shape index (κ2) is 4.65. The summed E-state index contributed by atoms with van der Waals surface area (Å²) in [5, 5.41) is 4.78. The van der Waals surface area contributed by atoms with Crippen LogP contribution in [0.25, 0.3) is 11.3 Å². The largest absolute Gasteiger partial charge is 0.357 e. The van der Waals surface area contributed by atoms with Gasteiger partial charge in [0, 0.05) is 11.1 Å². The summed E-state index contributed by atoms with van der Waals surface area (Å²) in [7, 11) is 0. The summed E-state index contributed by atoms with van der Waals surface area (Å²) in [5.41, 5.74) is 0.0466. The van der Waals surface area contributed by atoms with Crippen molar-refractivity contribution in [1.29, 1.82) is 0 Å². The van der Waals surface area contributed by atoms with Gasteiger partial charge < -0.3 is 4.52 Å². The van der Waals surface area contributed by atoms with Crippen molar-refractivity contribution >= 4 is 34.8 Å². The molecule has 0 N–H and O–H groups in total. The van der Waals surface area contributed by atoms with Gasteiger partial charge in [-0.2, -0.15) is 0 Å². The summed E-state index contributed by atoms with van der Waals surface area (Å²) in [6, 6.07) is 5.11. The zero-order valence-electron chi connectivity index (χ0n) is 9.72. The lowest BCUT2D eigenvalue weighted by atomic mass is 10.0. The fourth-order valence-electron chi connectivity index (χ4n) is 2.04. The van der Waals surface area contributed by atoms with E-state index in [1.54, 1.807) is 18.2 Å². The van der Waals surface area contributed by atoms with Crippen molar-refractivity contribution in [2.45, 2.75) is 24.4 Å². The SMILES string of the molecule is FC1(c2onc(-c3c(Cl)cccc3Cl)c2CCl)CC1. The zero-order chi connectivity index (χ0) is 13.6. The Bertz CT molecular complexity index is 617. The third-order valence-electron chi connectivity index (χ3n) is 3.22. The van der Waals surface area contributed by atoms with Crippen LogP contribution in [0, 0.1) is 0 Å². The number of nitrogens with zero attached hydrogens (tertiary/aromatic N) is 1. The van der Waals surface area contributed by atoms with Crippen LogP contribution in [0.15, 0.2) is 22.7 Å². The van der Waals surface area contributed by atoms with Gasteiger partial charge in [0.25, 0.3) is 0 Å². The van der Waals surface area contributed by atoms with Crippen molar-refractivity contribution in [1.82, 2.24) is 5.16 Å². The van der Waals surface area contributed by atoms with Crippen molar-refractivity contribution in [2.75, 3.05) is 0 Å². The minimum Gasteiger partial charge on any atom is -0.357 e. The third-order valence-corrected chi connectivity index (χ3v) is 4.11. The monoisotopic (exact) mass is 319 g/mol. The molecule has 1 aliphatic carbocycles. The molecule has 0 unspecified atom stereocenters. The molecule has 1 fully saturated rings. The lowest BCUT2D eigenvalue weighted by molar-refractivity contribution is 0.233. The Labute approximate surface area is 124 Å².